The number of carbonyl (C=O) groups excluding carboxylic acids is 1. The normalized spacial score (nSPS) is 10.5. The van der Waals surface area contributed by atoms with Gasteiger partial charge < -0.3 is 5.73 Å². The molecule has 98 valence electrons. The SMILES string of the molecule is Cc1cc(Cl)c(C(=O)c2cc(N)ccc2F)cc1C. The molecule has 0 saturated heterocycles. The van der Waals surface area contributed by atoms with Gasteiger partial charge in [0.05, 0.1) is 10.6 Å². The first kappa shape index (κ1) is 13.6. The molecule has 2 rings (SSSR count). The Morgan fingerprint density at radius 1 is 1.11 bits per heavy atom. The van der Waals surface area contributed by atoms with Gasteiger partial charge in [0.25, 0.3) is 0 Å². The summed E-state index contributed by atoms with van der Waals surface area (Å²) >= 11 is 6.06. The Morgan fingerprint density at radius 3 is 2.42 bits per heavy atom. The molecule has 0 aliphatic rings. The smallest absolute Gasteiger partial charge is 0.197 e. The van der Waals surface area contributed by atoms with E-state index in [1.165, 1.54) is 18.2 Å². The zero-order valence-electron chi connectivity index (χ0n) is 10.6. The number of aryl methyl sites for hydroxylation is 2. The Bertz CT molecular complexity index is 667. The van der Waals surface area contributed by atoms with Crippen molar-refractivity contribution in [3.63, 3.8) is 0 Å². The first-order valence-corrected chi connectivity index (χ1v) is 6.14. The van der Waals surface area contributed by atoms with Gasteiger partial charge in [-0.3, -0.25) is 4.79 Å². The Labute approximate surface area is 116 Å². The number of carbonyl (C=O) groups is 1. The van der Waals surface area contributed by atoms with E-state index in [1.807, 2.05) is 13.8 Å². The monoisotopic (exact) mass is 277 g/mol. The lowest BCUT2D eigenvalue weighted by Gasteiger charge is -2.09. The highest BCUT2D eigenvalue weighted by atomic mass is 35.5. The molecule has 0 heterocycles. The molecule has 0 fully saturated rings. The predicted octanol–water partition coefficient (Wildman–Crippen LogP) is 3.91. The summed E-state index contributed by atoms with van der Waals surface area (Å²) in [5.41, 5.74) is 8.05. The van der Waals surface area contributed by atoms with Crippen LogP contribution in [0.3, 0.4) is 0 Å². The fourth-order valence-corrected chi connectivity index (χ4v) is 2.12. The van der Waals surface area contributed by atoms with Gasteiger partial charge in [0.1, 0.15) is 5.82 Å². The number of hydrogen-bond donors (Lipinski definition) is 1. The van der Waals surface area contributed by atoms with E-state index in [0.29, 0.717) is 10.7 Å². The molecule has 0 aliphatic carbocycles. The Hall–Kier alpha value is -1.87. The van der Waals surface area contributed by atoms with Crippen molar-refractivity contribution in [3.05, 3.63) is 63.4 Å². The van der Waals surface area contributed by atoms with Crippen LogP contribution < -0.4 is 5.73 Å². The lowest BCUT2D eigenvalue weighted by Crippen LogP contribution is -2.07. The van der Waals surface area contributed by atoms with E-state index >= 15 is 0 Å². The van der Waals surface area contributed by atoms with Crippen molar-refractivity contribution in [2.24, 2.45) is 0 Å². The van der Waals surface area contributed by atoms with Crippen LogP contribution in [0.2, 0.25) is 5.02 Å². The minimum atomic E-state index is -0.603. The molecule has 0 saturated carbocycles. The van der Waals surface area contributed by atoms with Gasteiger partial charge in [-0.15, -0.1) is 0 Å². The van der Waals surface area contributed by atoms with Crippen LogP contribution in [0.1, 0.15) is 27.0 Å². The van der Waals surface area contributed by atoms with Crippen LogP contribution in [0.4, 0.5) is 10.1 Å². The second-order valence-electron chi connectivity index (χ2n) is 4.48. The molecule has 0 radical (unpaired) electrons. The third-order valence-electron chi connectivity index (χ3n) is 3.06. The summed E-state index contributed by atoms with van der Waals surface area (Å²) in [4.78, 5) is 12.3. The number of nitrogens with two attached hydrogens (primary N) is 1. The summed E-state index contributed by atoms with van der Waals surface area (Å²) in [6.45, 7) is 3.77. The molecule has 0 aliphatic heterocycles. The topological polar surface area (TPSA) is 43.1 Å². The van der Waals surface area contributed by atoms with E-state index in [9.17, 15) is 9.18 Å². The molecular weight excluding hydrogens is 265 g/mol. The minimum Gasteiger partial charge on any atom is -0.399 e. The van der Waals surface area contributed by atoms with Crippen LogP contribution in [-0.2, 0) is 0 Å². The van der Waals surface area contributed by atoms with Crippen molar-refractivity contribution in [1.29, 1.82) is 0 Å². The second-order valence-corrected chi connectivity index (χ2v) is 4.89. The van der Waals surface area contributed by atoms with Crippen molar-refractivity contribution in [2.45, 2.75) is 13.8 Å². The lowest BCUT2D eigenvalue weighted by molar-refractivity contribution is 0.103. The highest BCUT2D eigenvalue weighted by Crippen LogP contribution is 2.25. The summed E-state index contributed by atoms with van der Waals surface area (Å²) in [5.74, 6) is -1.06. The molecule has 0 atom stereocenters. The molecule has 19 heavy (non-hydrogen) atoms. The molecule has 0 spiro atoms. The molecule has 0 aromatic heterocycles. The third kappa shape index (κ3) is 2.61. The number of ketones is 1. The van der Waals surface area contributed by atoms with Gasteiger partial charge >= 0.3 is 0 Å². The lowest BCUT2D eigenvalue weighted by atomic mass is 9.98. The van der Waals surface area contributed by atoms with Gasteiger partial charge in [0, 0.05) is 11.3 Å². The van der Waals surface area contributed by atoms with Gasteiger partial charge in [-0.2, -0.15) is 0 Å². The number of hydrogen-bond acceptors (Lipinski definition) is 2. The van der Waals surface area contributed by atoms with Gasteiger partial charge in [-0.05, 0) is 55.3 Å². The van der Waals surface area contributed by atoms with Crippen LogP contribution in [0.15, 0.2) is 30.3 Å². The standard InChI is InChI=1S/C15H13ClFNO/c1-8-5-11(13(16)6-9(8)2)15(19)12-7-10(18)3-4-14(12)17/h3-7H,18H2,1-2H3. The highest BCUT2D eigenvalue weighted by Gasteiger charge is 2.18. The van der Waals surface area contributed by atoms with E-state index in [4.69, 9.17) is 17.3 Å². The van der Waals surface area contributed by atoms with Gasteiger partial charge in [0.2, 0.25) is 0 Å². The Kier molecular flexibility index (Phi) is 3.58. The van der Waals surface area contributed by atoms with Crippen LogP contribution in [0.5, 0.6) is 0 Å². The fraction of sp³-hybridized carbons (Fsp3) is 0.133. The average Bonchev–Trinajstić information content (AvgIpc) is 2.36. The third-order valence-corrected chi connectivity index (χ3v) is 3.38. The maximum atomic E-state index is 13.7. The van der Waals surface area contributed by atoms with Crippen LogP contribution >= 0.6 is 11.6 Å². The zero-order valence-corrected chi connectivity index (χ0v) is 11.4. The molecule has 4 heteroatoms. The van der Waals surface area contributed by atoms with Crippen molar-refractivity contribution in [3.8, 4) is 0 Å². The van der Waals surface area contributed by atoms with E-state index in [1.54, 1.807) is 12.1 Å². The van der Waals surface area contributed by atoms with Gasteiger partial charge in [-0.25, -0.2) is 4.39 Å². The molecule has 2 aromatic rings. The van der Waals surface area contributed by atoms with Crippen molar-refractivity contribution in [1.82, 2.24) is 0 Å². The maximum absolute atomic E-state index is 13.7. The summed E-state index contributed by atoms with van der Waals surface area (Å²) in [7, 11) is 0. The number of benzene rings is 2. The minimum absolute atomic E-state index is 0.0647. The molecule has 0 bridgehead atoms. The summed E-state index contributed by atoms with van der Waals surface area (Å²) in [5, 5.41) is 0.315. The van der Waals surface area contributed by atoms with Crippen LogP contribution in [-0.4, -0.2) is 5.78 Å². The number of nitrogen functional groups attached to an aromatic ring is 1. The molecular formula is C15H13ClFNO. The quantitative estimate of drug-likeness (QED) is 0.668. The molecule has 2 N–H and O–H groups in total. The van der Waals surface area contributed by atoms with E-state index in [0.717, 1.165) is 11.1 Å². The predicted molar refractivity (Wildman–Crippen MR) is 75.2 cm³/mol. The van der Waals surface area contributed by atoms with E-state index in [-0.39, 0.29) is 11.1 Å². The van der Waals surface area contributed by atoms with Crippen molar-refractivity contribution in [2.75, 3.05) is 5.73 Å². The molecule has 2 nitrogen and oxygen atoms in total. The number of halogens is 2. The average molecular weight is 278 g/mol. The van der Waals surface area contributed by atoms with Gasteiger partial charge in [-0.1, -0.05) is 11.6 Å². The number of rotatable bonds is 2. The maximum Gasteiger partial charge on any atom is 0.197 e. The molecule has 0 unspecified atom stereocenters. The molecule has 0 amide bonds. The van der Waals surface area contributed by atoms with Crippen LogP contribution in [0, 0.1) is 19.7 Å². The first-order valence-electron chi connectivity index (χ1n) is 5.76. The molecule has 2 aromatic carbocycles. The van der Waals surface area contributed by atoms with Crippen LogP contribution in [0.25, 0.3) is 0 Å². The van der Waals surface area contributed by atoms with Crippen molar-refractivity contribution >= 4 is 23.1 Å². The Balaban J connectivity index is 2.56. The summed E-state index contributed by atoms with van der Waals surface area (Å²) in [6, 6.07) is 7.28. The first-order chi connectivity index (χ1) is 8.90. The number of anilines is 1. The fourth-order valence-electron chi connectivity index (χ4n) is 1.82. The highest BCUT2D eigenvalue weighted by molar-refractivity contribution is 6.35. The van der Waals surface area contributed by atoms with Crippen molar-refractivity contribution < 1.29 is 9.18 Å². The zero-order chi connectivity index (χ0) is 14.2. The largest absolute Gasteiger partial charge is 0.399 e. The second kappa shape index (κ2) is 5.02. The Morgan fingerprint density at radius 2 is 1.74 bits per heavy atom. The summed E-state index contributed by atoms with van der Waals surface area (Å²) < 4.78 is 13.7. The van der Waals surface area contributed by atoms with Gasteiger partial charge in [0.15, 0.2) is 5.78 Å². The van der Waals surface area contributed by atoms with E-state index in [2.05, 4.69) is 0 Å². The summed E-state index contributed by atoms with van der Waals surface area (Å²) in [6.07, 6.45) is 0. The van der Waals surface area contributed by atoms with E-state index < -0.39 is 11.6 Å².